The van der Waals surface area contributed by atoms with Crippen LogP contribution < -0.4 is 5.73 Å². The Kier molecular flexibility index (Phi) is 4.01. The predicted octanol–water partition coefficient (Wildman–Crippen LogP) is 0.552. The van der Waals surface area contributed by atoms with Crippen molar-refractivity contribution in [1.82, 2.24) is 29.9 Å². The average Bonchev–Trinajstić information content (AvgIpc) is 3.24. The van der Waals surface area contributed by atoms with Gasteiger partial charge in [0.05, 0.1) is 43.4 Å². The average molecular weight is 327 g/mol. The van der Waals surface area contributed by atoms with E-state index in [1.807, 2.05) is 18.2 Å². The van der Waals surface area contributed by atoms with Crippen LogP contribution in [0.1, 0.15) is 17.8 Å². The second-order valence-corrected chi connectivity index (χ2v) is 5.60. The number of hydrogen-bond acceptors (Lipinski definition) is 8. The monoisotopic (exact) mass is 327 g/mol. The van der Waals surface area contributed by atoms with Crippen LogP contribution in [-0.4, -0.2) is 49.3 Å². The molecule has 1 aliphatic rings. The molecule has 1 atom stereocenters. The molecule has 124 valence electrons. The van der Waals surface area contributed by atoms with Crippen LogP contribution in [0.4, 0.5) is 5.95 Å². The number of nitrogen functional groups attached to an aromatic ring is 1. The SMILES string of the molecule is Nc1ncc2nnn(Cc3cccc(COC4CCOC4)n3)c2n1. The summed E-state index contributed by atoms with van der Waals surface area (Å²) < 4.78 is 12.8. The van der Waals surface area contributed by atoms with E-state index in [4.69, 9.17) is 15.2 Å². The van der Waals surface area contributed by atoms with Crippen LogP contribution in [-0.2, 0) is 22.6 Å². The van der Waals surface area contributed by atoms with Gasteiger partial charge in [-0.1, -0.05) is 11.3 Å². The molecule has 9 heteroatoms. The highest BCUT2D eigenvalue weighted by Gasteiger charge is 2.16. The van der Waals surface area contributed by atoms with Gasteiger partial charge in [0.1, 0.15) is 0 Å². The Morgan fingerprint density at radius 1 is 1.29 bits per heavy atom. The molecule has 1 fully saturated rings. The highest BCUT2D eigenvalue weighted by molar-refractivity contribution is 5.69. The van der Waals surface area contributed by atoms with Crippen LogP contribution in [0.5, 0.6) is 0 Å². The van der Waals surface area contributed by atoms with Crippen LogP contribution in [0, 0.1) is 0 Å². The molecule has 24 heavy (non-hydrogen) atoms. The third kappa shape index (κ3) is 3.17. The zero-order valence-corrected chi connectivity index (χ0v) is 13.0. The second-order valence-electron chi connectivity index (χ2n) is 5.60. The highest BCUT2D eigenvalue weighted by atomic mass is 16.5. The summed E-state index contributed by atoms with van der Waals surface area (Å²) in [5.41, 5.74) is 8.55. The number of aromatic nitrogens is 6. The number of ether oxygens (including phenoxy) is 2. The van der Waals surface area contributed by atoms with Crippen molar-refractivity contribution in [3.63, 3.8) is 0 Å². The van der Waals surface area contributed by atoms with Gasteiger partial charge in [0.25, 0.3) is 0 Å². The quantitative estimate of drug-likeness (QED) is 0.723. The Hall–Kier alpha value is -2.65. The van der Waals surface area contributed by atoms with Crippen LogP contribution in [0.15, 0.2) is 24.4 Å². The maximum Gasteiger partial charge on any atom is 0.222 e. The molecule has 4 heterocycles. The van der Waals surface area contributed by atoms with Crippen molar-refractivity contribution >= 4 is 17.1 Å². The van der Waals surface area contributed by atoms with Crippen LogP contribution >= 0.6 is 0 Å². The zero-order chi connectivity index (χ0) is 16.4. The molecule has 0 bridgehead atoms. The van der Waals surface area contributed by atoms with Crippen LogP contribution in [0.25, 0.3) is 11.2 Å². The molecule has 3 aromatic rings. The number of nitrogens with two attached hydrogens (primary N) is 1. The lowest BCUT2D eigenvalue weighted by molar-refractivity contribution is 0.0301. The summed E-state index contributed by atoms with van der Waals surface area (Å²) >= 11 is 0. The summed E-state index contributed by atoms with van der Waals surface area (Å²) in [4.78, 5) is 12.7. The van der Waals surface area contributed by atoms with Crippen molar-refractivity contribution in [3.8, 4) is 0 Å². The Morgan fingerprint density at radius 2 is 2.21 bits per heavy atom. The Morgan fingerprint density at radius 3 is 3.08 bits per heavy atom. The smallest absolute Gasteiger partial charge is 0.222 e. The number of fused-ring (bicyclic) bond motifs is 1. The first-order chi connectivity index (χ1) is 11.8. The third-order valence-electron chi connectivity index (χ3n) is 3.80. The summed E-state index contributed by atoms with van der Waals surface area (Å²) in [5, 5.41) is 8.12. The van der Waals surface area contributed by atoms with Crippen molar-refractivity contribution in [2.75, 3.05) is 18.9 Å². The fourth-order valence-electron chi connectivity index (χ4n) is 2.59. The number of pyridine rings is 1. The Labute approximate surface area is 137 Å². The van der Waals surface area contributed by atoms with Crippen molar-refractivity contribution in [2.24, 2.45) is 0 Å². The van der Waals surface area contributed by atoms with E-state index < -0.39 is 0 Å². The standard InChI is InChI=1S/C15H17N7O2/c16-15-17-6-13-14(19-15)22(21-20-13)7-10-2-1-3-11(18-10)8-24-12-4-5-23-9-12/h1-3,6,12H,4-5,7-9H2,(H2,16,17,19). The topological polar surface area (TPSA) is 114 Å². The molecule has 4 rings (SSSR count). The van der Waals surface area contributed by atoms with Gasteiger partial charge in [-0.15, -0.1) is 5.10 Å². The largest absolute Gasteiger partial charge is 0.379 e. The van der Waals surface area contributed by atoms with Gasteiger partial charge >= 0.3 is 0 Å². The maximum absolute atomic E-state index is 5.81. The summed E-state index contributed by atoms with van der Waals surface area (Å²) in [5.74, 6) is 0.194. The van der Waals surface area contributed by atoms with E-state index in [9.17, 15) is 0 Å². The molecule has 1 unspecified atom stereocenters. The van der Waals surface area contributed by atoms with Gasteiger partial charge in [-0.3, -0.25) is 4.98 Å². The summed E-state index contributed by atoms with van der Waals surface area (Å²) in [7, 11) is 0. The van der Waals surface area contributed by atoms with Crippen molar-refractivity contribution in [1.29, 1.82) is 0 Å². The first-order valence-corrected chi connectivity index (χ1v) is 7.74. The normalized spacial score (nSPS) is 17.6. The first kappa shape index (κ1) is 14.9. The molecule has 3 aromatic heterocycles. The van der Waals surface area contributed by atoms with E-state index >= 15 is 0 Å². The Balaban J connectivity index is 1.49. The molecule has 0 aliphatic carbocycles. The van der Waals surface area contributed by atoms with Gasteiger partial charge < -0.3 is 15.2 Å². The lowest BCUT2D eigenvalue weighted by atomic mass is 10.3. The van der Waals surface area contributed by atoms with Crippen LogP contribution in [0.2, 0.25) is 0 Å². The van der Waals surface area contributed by atoms with E-state index in [0.717, 1.165) is 24.4 Å². The fourth-order valence-corrected chi connectivity index (χ4v) is 2.59. The predicted molar refractivity (Wildman–Crippen MR) is 84.9 cm³/mol. The molecule has 0 spiro atoms. The van der Waals surface area contributed by atoms with Gasteiger partial charge in [0.2, 0.25) is 5.95 Å². The number of hydrogen-bond donors (Lipinski definition) is 1. The second kappa shape index (κ2) is 6.46. The van der Waals surface area contributed by atoms with Gasteiger partial charge in [-0.2, -0.15) is 4.98 Å². The molecule has 0 amide bonds. The molecule has 0 aromatic carbocycles. The molecule has 9 nitrogen and oxygen atoms in total. The minimum absolute atomic E-state index is 0.161. The molecule has 0 radical (unpaired) electrons. The minimum Gasteiger partial charge on any atom is -0.379 e. The maximum atomic E-state index is 5.81. The zero-order valence-electron chi connectivity index (χ0n) is 13.0. The first-order valence-electron chi connectivity index (χ1n) is 7.74. The van der Waals surface area contributed by atoms with Gasteiger partial charge in [-0.05, 0) is 18.6 Å². The van der Waals surface area contributed by atoms with Crippen molar-refractivity contribution in [3.05, 3.63) is 35.8 Å². The number of anilines is 1. The van der Waals surface area contributed by atoms with E-state index in [-0.39, 0.29) is 12.1 Å². The van der Waals surface area contributed by atoms with Crippen LogP contribution in [0.3, 0.4) is 0 Å². The van der Waals surface area contributed by atoms with E-state index in [0.29, 0.717) is 30.9 Å². The molecular weight excluding hydrogens is 310 g/mol. The molecule has 1 saturated heterocycles. The van der Waals surface area contributed by atoms with Gasteiger partial charge in [0, 0.05) is 6.61 Å². The minimum atomic E-state index is 0.161. The highest BCUT2D eigenvalue weighted by Crippen LogP contribution is 2.13. The van der Waals surface area contributed by atoms with Crippen molar-refractivity contribution < 1.29 is 9.47 Å². The Bertz CT molecular complexity index is 845. The van der Waals surface area contributed by atoms with E-state index in [1.165, 1.54) is 0 Å². The van der Waals surface area contributed by atoms with E-state index in [2.05, 4.69) is 25.3 Å². The third-order valence-corrected chi connectivity index (χ3v) is 3.80. The lowest BCUT2D eigenvalue weighted by Crippen LogP contribution is -2.13. The summed E-state index contributed by atoms with van der Waals surface area (Å²) in [6.45, 7) is 2.34. The fraction of sp³-hybridized carbons (Fsp3) is 0.400. The van der Waals surface area contributed by atoms with E-state index in [1.54, 1.807) is 10.9 Å². The number of nitrogens with zero attached hydrogens (tertiary/aromatic N) is 6. The molecule has 0 saturated carbocycles. The van der Waals surface area contributed by atoms with Gasteiger partial charge in [-0.25, -0.2) is 9.67 Å². The number of rotatable bonds is 5. The van der Waals surface area contributed by atoms with Crippen molar-refractivity contribution in [2.45, 2.75) is 25.7 Å². The molecular formula is C15H17N7O2. The summed E-state index contributed by atoms with van der Waals surface area (Å²) in [6, 6.07) is 5.83. The molecule has 2 N–H and O–H groups in total. The summed E-state index contributed by atoms with van der Waals surface area (Å²) in [6.07, 6.45) is 2.66. The lowest BCUT2D eigenvalue weighted by Gasteiger charge is -2.10. The molecule has 1 aliphatic heterocycles. The van der Waals surface area contributed by atoms with Gasteiger partial charge in [0.15, 0.2) is 11.2 Å².